The van der Waals surface area contributed by atoms with Crippen LogP contribution in [0.3, 0.4) is 0 Å². The average molecular weight is 529 g/mol. The first-order valence-corrected chi connectivity index (χ1v) is 13.6. The molecule has 1 fully saturated rings. The van der Waals surface area contributed by atoms with Crippen molar-refractivity contribution >= 4 is 29.2 Å². The predicted molar refractivity (Wildman–Crippen MR) is 146 cm³/mol. The van der Waals surface area contributed by atoms with Gasteiger partial charge in [0.25, 0.3) is 5.91 Å². The van der Waals surface area contributed by atoms with Gasteiger partial charge in [0.2, 0.25) is 5.91 Å². The summed E-state index contributed by atoms with van der Waals surface area (Å²) < 4.78 is 12.7. The number of esters is 1. The molecule has 0 N–H and O–H groups in total. The van der Waals surface area contributed by atoms with Crippen molar-refractivity contribution in [1.29, 1.82) is 0 Å². The van der Waals surface area contributed by atoms with Crippen molar-refractivity contribution in [2.24, 2.45) is 0 Å². The van der Waals surface area contributed by atoms with Gasteiger partial charge in [-0.15, -0.1) is 0 Å². The fourth-order valence-electron chi connectivity index (χ4n) is 5.69. The molecule has 202 valence electrons. The van der Waals surface area contributed by atoms with Gasteiger partial charge >= 0.3 is 5.97 Å². The van der Waals surface area contributed by atoms with E-state index in [1.54, 1.807) is 16.5 Å². The molecule has 3 aliphatic rings. The molecular formula is C30H32N4O5. The minimum absolute atomic E-state index is 0.131. The number of fused-ring (bicyclic) bond motifs is 2. The number of hydrogen-bond donors (Lipinski definition) is 0. The van der Waals surface area contributed by atoms with Gasteiger partial charge in [0.15, 0.2) is 5.69 Å². The van der Waals surface area contributed by atoms with Crippen molar-refractivity contribution in [2.75, 3.05) is 36.1 Å². The summed E-state index contributed by atoms with van der Waals surface area (Å²) in [7, 11) is 0. The zero-order valence-electron chi connectivity index (χ0n) is 22.5. The molecule has 1 aromatic heterocycles. The fourth-order valence-corrected chi connectivity index (χ4v) is 5.69. The Morgan fingerprint density at radius 1 is 0.974 bits per heavy atom. The molecule has 0 spiro atoms. The van der Waals surface area contributed by atoms with Crippen LogP contribution in [0.15, 0.2) is 42.5 Å². The average Bonchev–Trinajstić information content (AvgIpc) is 3.47. The van der Waals surface area contributed by atoms with Crippen molar-refractivity contribution in [3.05, 3.63) is 65.0 Å². The summed E-state index contributed by atoms with van der Waals surface area (Å²) in [6.07, 6.45) is 2.93. The van der Waals surface area contributed by atoms with Crippen LogP contribution in [0.25, 0.3) is 5.69 Å². The number of benzene rings is 2. The number of ether oxygens (including phenoxy) is 2. The van der Waals surface area contributed by atoms with Crippen LogP contribution < -0.4 is 14.5 Å². The third kappa shape index (κ3) is 4.26. The Morgan fingerprint density at radius 2 is 1.69 bits per heavy atom. The zero-order chi connectivity index (χ0) is 27.3. The normalized spacial score (nSPS) is 18.0. The minimum Gasteiger partial charge on any atom is -0.492 e. The van der Waals surface area contributed by atoms with Crippen molar-refractivity contribution in [1.82, 2.24) is 9.78 Å². The second-order valence-corrected chi connectivity index (χ2v) is 10.9. The number of anilines is 2. The van der Waals surface area contributed by atoms with E-state index >= 15 is 0 Å². The Bertz CT molecular complexity index is 1470. The van der Waals surface area contributed by atoms with E-state index in [9.17, 15) is 14.4 Å². The lowest BCUT2D eigenvalue weighted by Gasteiger charge is -2.29. The molecule has 0 aliphatic carbocycles. The molecule has 39 heavy (non-hydrogen) atoms. The first kappa shape index (κ1) is 25.2. The molecule has 6 rings (SSSR count). The van der Waals surface area contributed by atoms with E-state index in [2.05, 4.69) is 18.9 Å². The van der Waals surface area contributed by atoms with Crippen LogP contribution in [0.2, 0.25) is 0 Å². The van der Waals surface area contributed by atoms with Gasteiger partial charge in [-0.05, 0) is 68.7 Å². The molecule has 3 aliphatic heterocycles. The van der Waals surface area contributed by atoms with Gasteiger partial charge in [-0.2, -0.15) is 5.10 Å². The minimum atomic E-state index is -0.533. The van der Waals surface area contributed by atoms with Crippen LogP contribution in [0.1, 0.15) is 72.1 Å². The van der Waals surface area contributed by atoms with Gasteiger partial charge in [-0.3, -0.25) is 9.59 Å². The SMILES string of the molecule is CCOC(=O)c1nn(-c2ccc3c(c2)C(C)(C)CO3)c2c1CCN(c1ccc(N3CCCCC3=O)cc1)C2=O. The van der Waals surface area contributed by atoms with E-state index in [1.165, 1.54) is 0 Å². The summed E-state index contributed by atoms with van der Waals surface area (Å²) in [5, 5.41) is 4.63. The molecule has 4 heterocycles. The summed E-state index contributed by atoms with van der Waals surface area (Å²) in [4.78, 5) is 42.8. The second kappa shape index (κ2) is 9.55. The van der Waals surface area contributed by atoms with E-state index in [-0.39, 0.29) is 29.5 Å². The quantitative estimate of drug-likeness (QED) is 0.455. The molecule has 9 heteroatoms. The fraction of sp³-hybridized carbons (Fsp3) is 0.400. The van der Waals surface area contributed by atoms with Gasteiger partial charge in [0.1, 0.15) is 11.4 Å². The van der Waals surface area contributed by atoms with Crippen molar-refractivity contribution in [3.63, 3.8) is 0 Å². The number of carbonyl (C=O) groups excluding carboxylic acids is 3. The van der Waals surface area contributed by atoms with E-state index in [1.807, 2.05) is 47.4 Å². The largest absolute Gasteiger partial charge is 0.492 e. The highest BCUT2D eigenvalue weighted by Crippen LogP contribution is 2.40. The standard InChI is InChI=1S/C30H32N4O5/c1-4-38-29(37)26-22-14-16-33(20-10-8-19(9-11-20)32-15-6-5-7-25(32)35)28(36)27(22)34(31-26)21-12-13-24-23(17-21)30(2,3)18-39-24/h8-13,17H,4-7,14-16,18H2,1-3H3. The lowest BCUT2D eigenvalue weighted by molar-refractivity contribution is -0.119. The molecular weight excluding hydrogens is 496 g/mol. The van der Waals surface area contributed by atoms with Crippen LogP contribution >= 0.6 is 0 Å². The van der Waals surface area contributed by atoms with Crippen LogP contribution in [0, 0.1) is 0 Å². The highest BCUT2D eigenvalue weighted by Gasteiger charge is 2.37. The predicted octanol–water partition coefficient (Wildman–Crippen LogP) is 4.44. The molecule has 0 atom stereocenters. The summed E-state index contributed by atoms with van der Waals surface area (Å²) in [6, 6.07) is 13.3. The van der Waals surface area contributed by atoms with Crippen LogP contribution in [-0.4, -0.2) is 53.9 Å². The third-order valence-electron chi connectivity index (χ3n) is 7.81. The number of carbonyl (C=O) groups is 3. The molecule has 0 bridgehead atoms. The molecule has 0 radical (unpaired) electrons. The van der Waals surface area contributed by atoms with Crippen LogP contribution in [0.4, 0.5) is 11.4 Å². The Morgan fingerprint density at radius 3 is 2.41 bits per heavy atom. The number of nitrogens with zero attached hydrogens (tertiary/aromatic N) is 4. The number of amides is 2. The lowest BCUT2D eigenvalue weighted by atomic mass is 9.87. The third-order valence-corrected chi connectivity index (χ3v) is 7.81. The molecule has 0 unspecified atom stereocenters. The number of piperidine rings is 1. The summed E-state index contributed by atoms with van der Waals surface area (Å²) >= 11 is 0. The molecule has 0 saturated carbocycles. The number of hydrogen-bond acceptors (Lipinski definition) is 6. The maximum absolute atomic E-state index is 14.0. The van der Waals surface area contributed by atoms with Gasteiger partial charge in [0, 0.05) is 47.4 Å². The van der Waals surface area contributed by atoms with E-state index in [4.69, 9.17) is 9.47 Å². The summed E-state index contributed by atoms with van der Waals surface area (Å²) in [5.41, 5.74) is 4.24. The second-order valence-electron chi connectivity index (χ2n) is 10.9. The van der Waals surface area contributed by atoms with E-state index < -0.39 is 5.97 Å². The van der Waals surface area contributed by atoms with Gasteiger partial charge in [-0.1, -0.05) is 13.8 Å². The Hall–Kier alpha value is -4.14. The van der Waals surface area contributed by atoms with Crippen molar-refractivity contribution in [3.8, 4) is 11.4 Å². The lowest BCUT2D eigenvalue weighted by Crippen LogP contribution is -2.39. The molecule has 2 amide bonds. The monoisotopic (exact) mass is 528 g/mol. The Labute approximate surface area is 227 Å². The Balaban J connectivity index is 1.38. The molecule has 1 saturated heterocycles. The highest BCUT2D eigenvalue weighted by molar-refractivity contribution is 6.09. The smallest absolute Gasteiger partial charge is 0.359 e. The van der Waals surface area contributed by atoms with Crippen molar-refractivity contribution in [2.45, 2.75) is 51.9 Å². The van der Waals surface area contributed by atoms with E-state index in [0.29, 0.717) is 49.5 Å². The van der Waals surface area contributed by atoms with Crippen LogP contribution in [-0.2, 0) is 21.4 Å². The maximum atomic E-state index is 14.0. The Kier molecular flexibility index (Phi) is 6.16. The van der Waals surface area contributed by atoms with Gasteiger partial charge in [0.05, 0.1) is 18.9 Å². The highest BCUT2D eigenvalue weighted by atomic mass is 16.5. The number of aromatic nitrogens is 2. The zero-order valence-corrected chi connectivity index (χ0v) is 22.5. The van der Waals surface area contributed by atoms with Crippen LogP contribution in [0.5, 0.6) is 5.75 Å². The first-order valence-electron chi connectivity index (χ1n) is 13.6. The van der Waals surface area contributed by atoms with Crippen molar-refractivity contribution < 1.29 is 23.9 Å². The number of rotatable bonds is 5. The molecule has 2 aromatic carbocycles. The van der Waals surface area contributed by atoms with E-state index in [0.717, 1.165) is 35.5 Å². The summed E-state index contributed by atoms with van der Waals surface area (Å²) in [6.45, 7) is 7.87. The topological polar surface area (TPSA) is 94.0 Å². The van der Waals surface area contributed by atoms with Gasteiger partial charge < -0.3 is 19.3 Å². The molecule has 9 nitrogen and oxygen atoms in total. The molecule has 3 aromatic rings. The maximum Gasteiger partial charge on any atom is 0.359 e. The summed E-state index contributed by atoms with van der Waals surface area (Å²) in [5.74, 6) is 0.174. The first-order chi connectivity index (χ1) is 18.8. The van der Waals surface area contributed by atoms with Gasteiger partial charge in [-0.25, -0.2) is 9.48 Å².